The molecule has 0 bridgehead atoms. The molecular formula is C15H20N4S2. The second kappa shape index (κ2) is 5.34. The van der Waals surface area contributed by atoms with Crippen molar-refractivity contribution < 1.29 is 0 Å². The Bertz CT molecular complexity index is 708. The molecule has 2 aromatic heterocycles. The zero-order valence-electron chi connectivity index (χ0n) is 12.3. The lowest BCUT2D eigenvalue weighted by molar-refractivity contribution is 0.189. The Kier molecular flexibility index (Phi) is 3.47. The molecule has 1 aliphatic heterocycles. The van der Waals surface area contributed by atoms with Gasteiger partial charge in [0.1, 0.15) is 5.82 Å². The maximum Gasteiger partial charge on any atom is 0.199 e. The molecule has 0 aromatic carbocycles. The predicted octanol–water partition coefficient (Wildman–Crippen LogP) is 3.39. The summed E-state index contributed by atoms with van der Waals surface area (Å²) >= 11 is 7.51. The summed E-state index contributed by atoms with van der Waals surface area (Å²) in [5.74, 6) is 1.86. The summed E-state index contributed by atoms with van der Waals surface area (Å²) in [5.41, 5.74) is 1.48. The number of aromatic nitrogens is 3. The Morgan fingerprint density at radius 2 is 2.29 bits per heavy atom. The van der Waals surface area contributed by atoms with Crippen molar-refractivity contribution in [2.24, 2.45) is 0 Å². The highest BCUT2D eigenvalue weighted by atomic mass is 32.1. The first kappa shape index (κ1) is 13.7. The van der Waals surface area contributed by atoms with Crippen LogP contribution in [-0.2, 0) is 26.2 Å². The van der Waals surface area contributed by atoms with Crippen molar-refractivity contribution >= 4 is 23.6 Å². The highest BCUT2D eigenvalue weighted by Crippen LogP contribution is 2.39. The Morgan fingerprint density at radius 3 is 3.05 bits per heavy atom. The third-order valence-electron chi connectivity index (χ3n) is 4.43. The van der Waals surface area contributed by atoms with Gasteiger partial charge < -0.3 is 4.57 Å². The minimum absolute atomic E-state index is 0.651. The van der Waals surface area contributed by atoms with Crippen LogP contribution in [0, 0.1) is 4.77 Å². The van der Waals surface area contributed by atoms with Gasteiger partial charge in [-0.1, -0.05) is 0 Å². The van der Waals surface area contributed by atoms with Gasteiger partial charge in [0.15, 0.2) is 4.77 Å². The molecule has 112 valence electrons. The highest BCUT2D eigenvalue weighted by Gasteiger charge is 2.30. The van der Waals surface area contributed by atoms with Gasteiger partial charge in [0.25, 0.3) is 0 Å². The summed E-state index contributed by atoms with van der Waals surface area (Å²) in [6.45, 7) is 6.04. The Balaban J connectivity index is 1.56. The van der Waals surface area contributed by atoms with E-state index in [9.17, 15) is 0 Å². The minimum Gasteiger partial charge on any atom is -0.304 e. The van der Waals surface area contributed by atoms with E-state index in [-0.39, 0.29) is 0 Å². The average Bonchev–Trinajstić information content (AvgIpc) is 3.15. The van der Waals surface area contributed by atoms with Crippen LogP contribution in [-0.4, -0.2) is 25.8 Å². The predicted molar refractivity (Wildman–Crippen MR) is 87.1 cm³/mol. The third kappa shape index (κ3) is 2.49. The van der Waals surface area contributed by atoms with E-state index in [2.05, 4.69) is 27.8 Å². The van der Waals surface area contributed by atoms with Crippen LogP contribution in [0.1, 0.15) is 41.9 Å². The van der Waals surface area contributed by atoms with Crippen molar-refractivity contribution in [2.75, 3.05) is 6.54 Å². The number of rotatable bonds is 4. The van der Waals surface area contributed by atoms with Crippen LogP contribution in [0.3, 0.4) is 0 Å². The van der Waals surface area contributed by atoms with E-state index in [1.807, 2.05) is 16.0 Å². The smallest absolute Gasteiger partial charge is 0.199 e. The zero-order chi connectivity index (χ0) is 14.4. The van der Waals surface area contributed by atoms with Gasteiger partial charge in [-0.3, -0.25) is 4.90 Å². The fraction of sp³-hybridized carbons (Fsp3) is 0.600. The number of thiophene rings is 1. The van der Waals surface area contributed by atoms with E-state index in [0.29, 0.717) is 5.92 Å². The van der Waals surface area contributed by atoms with Crippen LogP contribution in [0.5, 0.6) is 0 Å². The lowest BCUT2D eigenvalue weighted by Crippen LogP contribution is -2.32. The highest BCUT2D eigenvalue weighted by molar-refractivity contribution is 7.71. The van der Waals surface area contributed by atoms with Crippen LogP contribution in [0.15, 0.2) is 11.4 Å². The Hall–Kier alpha value is -0.980. The normalized spacial score (nSPS) is 18.9. The SMILES string of the molecule is CCn1c(C2CC2)nn(CN2CCc3sccc3C2)c1=S. The number of hydrogen-bond acceptors (Lipinski definition) is 4. The van der Waals surface area contributed by atoms with E-state index >= 15 is 0 Å². The maximum absolute atomic E-state index is 5.63. The molecular weight excluding hydrogens is 300 g/mol. The molecule has 0 atom stereocenters. The molecule has 0 spiro atoms. The minimum atomic E-state index is 0.651. The van der Waals surface area contributed by atoms with E-state index in [4.69, 9.17) is 17.3 Å². The molecule has 0 unspecified atom stereocenters. The largest absolute Gasteiger partial charge is 0.304 e. The third-order valence-corrected chi connectivity index (χ3v) is 5.88. The lowest BCUT2D eigenvalue weighted by Gasteiger charge is -2.26. The van der Waals surface area contributed by atoms with Crippen molar-refractivity contribution in [3.8, 4) is 0 Å². The van der Waals surface area contributed by atoms with Crippen LogP contribution >= 0.6 is 23.6 Å². The van der Waals surface area contributed by atoms with Gasteiger partial charge in [0.2, 0.25) is 0 Å². The molecule has 0 amide bonds. The summed E-state index contributed by atoms with van der Waals surface area (Å²) in [6.07, 6.45) is 3.70. The maximum atomic E-state index is 5.63. The average molecular weight is 320 g/mol. The van der Waals surface area contributed by atoms with E-state index in [1.165, 1.54) is 24.2 Å². The molecule has 3 heterocycles. The molecule has 21 heavy (non-hydrogen) atoms. The van der Waals surface area contributed by atoms with Gasteiger partial charge in [-0.25, -0.2) is 4.68 Å². The van der Waals surface area contributed by atoms with Gasteiger partial charge in [-0.2, -0.15) is 5.10 Å². The lowest BCUT2D eigenvalue weighted by atomic mass is 10.1. The summed E-state index contributed by atoms with van der Waals surface area (Å²) in [4.78, 5) is 4.00. The van der Waals surface area contributed by atoms with Crippen LogP contribution < -0.4 is 0 Å². The van der Waals surface area contributed by atoms with Crippen LogP contribution in [0.4, 0.5) is 0 Å². The fourth-order valence-electron chi connectivity index (χ4n) is 3.11. The Labute approximate surface area is 134 Å². The second-order valence-electron chi connectivity index (χ2n) is 5.97. The van der Waals surface area contributed by atoms with Gasteiger partial charge in [0, 0.05) is 30.4 Å². The summed E-state index contributed by atoms with van der Waals surface area (Å²) in [5, 5.41) is 7.02. The van der Waals surface area contributed by atoms with Crippen molar-refractivity contribution in [2.45, 2.75) is 51.9 Å². The molecule has 0 radical (unpaired) electrons. The standard InChI is InChI=1S/C15H20N4S2/c1-2-18-14(11-3-4-11)16-19(15(18)20)10-17-7-5-13-12(9-17)6-8-21-13/h6,8,11H,2-5,7,9-10H2,1H3. The molecule has 0 saturated heterocycles. The summed E-state index contributed by atoms with van der Waals surface area (Å²) < 4.78 is 5.13. The molecule has 4 nitrogen and oxygen atoms in total. The zero-order valence-corrected chi connectivity index (χ0v) is 13.9. The number of fused-ring (bicyclic) bond motifs is 1. The number of hydrogen-bond donors (Lipinski definition) is 0. The van der Waals surface area contributed by atoms with Gasteiger partial charge in [0.05, 0.1) is 6.67 Å². The molecule has 2 aromatic rings. The van der Waals surface area contributed by atoms with Gasteiger partial charge in [-0.05, 0) is 55.4 Å². The van der Waals surface area contributed by atoms with E-state index < -0.39 is 0 Å². The monoisotopic (exact) mass is 320 g/mol. The molecule has 2 aliphatic rings. The Morgan fingerprint density at radius 1 is 1.43 bits per heavy atom. The van der Waals surface area contributed by atoms with Crippen molar-refractivity contribution in [3.63, 3.8) is 0 Å². The quantitative estimate of drug-likeness (QED) is 0.808. The van der Waals surface area contributed by atoms with Crippen LogP contribution in [0.2, 0.25) is 0 Å². The molecule has 0 N–H and O–H groups in total. The molecule has 6 heteroatoms. The first-order valence-electron chi connectivity index (χ1n) is 7.71. The first-order valence-corrected chi connectivity index (χ1v) is 9.00. The second-order valence-corrected chi connectivity index (χ2v) is 7.34. The van der Waals surface area contributed by atoms with E-state index in [0.717, 1.165) is 37.5 Å². The first-order chi connectivity index (χ1) is 10.3. The molecule has 1 saturated carbocycles. The van der Waals surface area contributed by atoms with Crippen molar-refractivity contribution in [3.05, 3.63) is 32.5 Å². The van der Waals surface area contributed by atoms with Gasteiger partial charge >= 0.3 is 0 Å². The van der Waals surface area contributed by atoms with Gasteiger partial charge in [-0.15, -0.1) is 11.3 Å². The summed E-state index contributed by atoms with van der Waals surface area (Å²) in [6, 6.07) is 2.26. The van der Waals surface area contributed by atoms with Crippen molar-refractivity contribution in [1.82, 2.24) is 19.2 Å². The van der Waals surface area contributed by atoms with E-state index in [1.54, 1.807) is 4.88 Å². The van der Waals surface area contributed by atoms with Crippen molar-refractivity contribution in [1.29, 1.82) is 0 Å². The topological polar surface area (TPSA) is 26.0 Å². The fourth-order valence-corrected chi connectivity index (χ4v) is 4.32. The molecule has 1 fully saturated rings. The summed E-state index contributed by atoms with van der Waals surface area (Å²) in [7, 11) is 0. The van der Waals surface area contributed by atoms with Crippen LogP contribution in [0.25, 0.3) is 0 Å². The number of nitrogens with zero attached hydrogens (tertiary/aromatic N) is 4. The molecule has 1 aliphatic carbocycles. The molecule has 4 rings (SSSR count).